The van der Waals surface area contributed by atoms with Crippen LogP contribution in [-0.2, 0) is 49.2 Å². The molecule has 9 nitrogen and oxygen atoms in total. The van der Waals surface area contributed by atoms with E-state index >= 15 is 0 Å². The number of aromatic amines is 1. The first kappa shape index (κ1) is 28.5. The van der Waals surface area contributed by atoms with E-state index in [0.29, 0.717) is 40.7 Å². The molecule has 0 radical (unpaired) electrons. The van der Waals surface area contributed by atoms with Crippen LogP contribution in [0, 0.1) is 19.7 Å². The van der Waals surface area contributed by atoms with Crippen LogP contribution in [0.15, 0.2) is 16.9 Å². The van der Waals surface area contributed by atoms with E-state index in [1.54, 1.807) is 20.8 Å². The van der Waals surface area contributed by atoms with E-state index in [1.807, 2.05) is 0 Å². The Kier molecular flexibility index (Phi) is 7.94. The second kappa shape index (κ2) is 10.6. The fraction of sp³-hybridized carbons (Fsp3) is 0.444. The van der Waals surface area contributed by atoms with Gasteiger partial charge in [-0.3, -0.25) is 4.79 Å². The zero-order valence-corrected chi connectivity index (χ0v) is 24.3. The Labute approximate surface area is 233 Å². The topological polar surface area (TPSA) is 148 Å². The molecule has 0 spiro atoms. The van der Waals surface area contributed by atoms with Crippen molar-refractivity contribution in [3.8, 4) is 11.4 Å². The van der Waals surface area contributed by atoms with Crippen molar-refractivity contribution in [2.45, 2.75) is 70.9 Å². The van der Waals surface area contributed by atoms with E-state index in [4.69, 9.17) is 10.5 Å². The fourth-order valence-electron chi connectivity index (χ4n) is 5.33. The number of H-pyrrole nitrogens is 1. The molecule has 4 heterocycles. The molecule has 2 aromatic heterocycles. The molecule has 1 aliphatic carbocycles. The van der Waals surface area contributed by atoms with Gasteiger partial charge in [-0.05, 0) is 74.4 Å². The number of aliphatic hydroxyl groups excluding tert-OH is 1. The van der Waals surface area contributed by atoms with Crippen molar-refractivity contribution in [1.29, 1.82) is 0 Å². The summed E-state index contributed by atoms with van der Waals surface area (Å²) in [6, 6.07) is 2.88. The zero-order chi connectivity index (χ0) is 26.6. The largest absolute Gasteiger partial charge is 0.662 e. The molecule has 1 saturated heterocycles. The normalized spacial score (nSPS) is 23.4. The van der Waals surface area contributed by atoms with Crippen molar-refractivity contribution < 1.29 is 45.2 Å². The van der Waals surface area contributed by atoms with E-state index in [1.165, 1.54) is 12.1 Å². The van der Waals surface area contributed by atoms with Crippen LogP contribution in [0.3, 0.4) is 0 Å². The molecular weight excluding hydrogens is 663 g/mol. The summed E-state index contributed by atoms with van der Waals surface area (Å²) in [6.45, 7) is 5.97. The van der Waals surface area contributed by atoms with Crippen LogP contribution in [0.2, 0.25) is 0 Å². The second-order valence-electron chi connectivity index (χ2n) is 9.90. The number of cyclic esters (lactones) is 1. The summed E-state index contributed by atoms with van der Waals surface area (Å²) in [5.41, 5.74) is 8.47. The number of aliphatic hydroxyl groups is 2. The van der Waals surface area contributed by atoms with Crippen LogP contribution in [0.5, 0.6) is 0 Å². The summed E-state index contributed by atoms with van der Waals surface area (Å²) >= 11 is 0. The van der Waals surface area contributed by atoms with Gasteiger partial charge in [0.15, 0.2) is 5.60 Å². The number of hydrogen-bond donors (Lipinski definition) is 4. The minimum absolute atomic E-state index is 0. The molecule has 6 rings (SSSR count). The van der Waals surface area contributed by atoms with Gasteiger partial charge in [0.25, 0.3) is 5.56 Å². The van der Waals surface area contributed by atoms with Crippen LogP contribution in [0.25, 0.3) is 28.0 Å². The molecule has 3 aromatic rings. The number of rotatable bonds is 2. The van der Waals surface area contributed by atoms with Gasteiger partial charge in [-0.1, -0.05) is 13.1 Å². The van der Waals surface area contributed by atoms with Crippen molar-refractivity contribution in [1.82, 2.24) is 15.3 Å². The molecule has 5 N–H and O–H groups in total. The number of ether oxygens (including phenoxy) is 1. The van der Waals surface area contributed by atoms with Gasteiger partial charge in [0, 0.05) is 38.1 Å². The molecule has 3 atom stereocenters. The summed E-state index contributed by atoms with van der Waals surface area (Å²) in [6.07, 6.45) is 1.40. The first-order chi connectivity index (χ1) is 17.6. The molecule has 3 unspecified atom stereocenters. The number of nitrogens with zero attached hydrogens (tertiary/aromatic N) is 1. The maximum absolute atomic E-state index is 14.6. The van der Waals surface area contributed by atoms with Gasteiger partial charge in [0.2, 0.25) is 0 Å². The monoisotopic (exact) mass is 693 g/mol. The minimum Gasteiger partial charge on any atom is -0.662 e. The Morgan fingerprint density at radius 1 is 1.21 bits per heavy atom. The number of pyridine rings is 2. The molecule has 11 heteroatoms. The van der Waals surface area contributed by atoms with Crippen LogP contribution < -0.4 is 10.9 Å². The SMILES string of the molecule is CCC1(O)C(=O)OCc2c1cc(-c1nc3cc(F)c(C)c4c3c(c1C)C(O)CC4)[nH]c2=O.[NH-]C1CCN1.[W]. The summed E-state index contributed by atoms with van der Waals surface area (Å²) in [7, 11) is 0. The number of hydrogen-bond acceptors (Lipinski definition) is 7. The summed E-state index contributed by atoms with van der Waals surface area (Å²) in [5, 5.41) is 25.4. The van der Waals surface area contributed by atoms with E-state index in [2.05, 4.69) is 15.3 Å². The standard InChI is InChI=1S/C24H23FN2O5.C3H7N2.W/c1-4-24(31)14-7-17(27-22(29)13(14)9-32-23(24)30)21-11(3)19-18(28)6-5-12-10(2)15(25)8-16(26-21)20(12)19;4-3-1-2-5-3;/h7-8,18,28,31H,4-6,9H2,1-3H3,(H,27,29);3-5H,1-2H2;/q;-1;. The predicted octanol–water partition coefficient (Wildman–Crippen LogP) is 3.34. The van der Waals surface area contributed by atoms with Crippen molar-refractivity contribution in [3.63, 3.8) is 0 Å². The maximum Gasteiger partial charge on any atom is 0.343 e. The minimum atomic E-state index is -1.94. The van der Waals surface area contributed by atoms with E-state index in [0.717, 1.165) is 23.9 Å². The Morgan fingerprint density at radius 3 is 2.50 bits per heavy atom. The number of aromatic nitrogens is 2. The second-order valence-corrected chi connectivity index (χ2v) is 9.90. The number of nitrogens with one attached hydrogen (secondary N) is 3. The van der Waals surface area contributed by atoms with Crippen LogP contribution in [0.4, 0.5) is 4.39 Å². The Hall–Kier alpha value is -2.49. The third kappa shape index (κ3) is 4.52. The molecular formula is C27H30FN4O5W-. The average molecular weight is 693 g/mol. The smallest absolute Gasteiger partial charge is 0.343 e. The quantitative estimate of drug-likeness (QED) is 0.301. The van der Waals surface area contributed by atoms with Gasteiger partial charge in [0.1, 0.15) is 12.4 Å². The van der Waals surface area contributed by atoms with Gasteiger partial charge in [-0.15, -0.1) is 0 Å². The van der Waals surface area contributed by atoms with Crippen LogP contribution >= 0.6 is 0 Å². The third-order valence-corrected chi connectivity index (χ3v) is 7.75. The van der Waals surface area contributed by atoms with Gasteiger partial charge in [-0.25, -0.2) is 14.2 Å². The predicted molar refractivity (Wildman–Crippen MR) is 135 cm³/mol. The Bertz CT molecular complexity index is 1490. The number of carbonyl (C=O) groups is 1. The van der Waals surface area contributed by atoms with Gasteiger partial charge in [-0.2, -0.15) is 0 Å². The molecule has 0 saturated carbocycles. The van der Waals surface area contributed by atoms with Gasteiger partial charge in [0.05, 0.1) is 28.6 Å². The van der Waals surface area contributed by atoms with Crippen molar-refractivity contribution in [2.75, 3.05) is 6.54 Å². The summed E-state index contributed by atoms with van der Waals surface area (Å²) in [5.74, 6) is -1.18. The molecule has 2 aliphatic heterocycles. The zero-order valence-electron chi connectivity index (χ0n) is 21.4. The number of aryl methyl sites for hydroxylation is 1. The molecule has 1 aromatic carbocycles. The van der Waals surface area contributed by atoms with Crippen molar-refractivity contribution in [3.05, 3.63) is 67.4 Å². The third-order valence-electron chi connectivity index (χ3n) is 7.75. The maximum atomic E-state index is 14.6. The number of esters is 1. The molecule has 0 amide bonds. The Balaban J connectivity index is 0.000000504. The van der Waals surface area contributed by atoms with E-state index in [-0.39, 0.29) is 62.9 Å². The molecule has 38 heavy (non-hydrogen) atoms. The van der Waals surface area contributed by atoms with E-state index in [9.17, 15) is 24.2 Å². The molecule has 202 valence electrons. The van der Waals surface area contributed by atoms with Crippen LogP contribution in [0.1, 0.15) is 65.7 Å². The molecule has 3 aliphatic rings. The van der Waals surface area contributed by atoms with Crippen molar-refractivity contribution >= 4 is 16.9 Å². The summed E-state index contributed by atoms with van der Waals surface area (Å²) < 4.78 is 19.6. The summed E-state index contributed by atoms with van der Waals surface area (Å²) in [4.78, 5) is 32.5. The van der Waals surface area contributed by atoms with Gasteiger partial charge >= 0.3 is 5.97 Å². The number of benzene rings is 1. The average Bonchev–Trinajstić information content (AvgIpc) is 2.86. The fourth-order valence-corrected chi connectivity index (χ4v) is 5.33. The number of carbonyl (C=O) groups excluding carboxylic acids is 1. The first-order valence-corrected chi connectivity index (χ1v) is 12.5. The van der Waals surface area contributed by atoms with Crippen LogP contribution in [-0.4, -0.2) is 38.9 Å². The molecule has 0 bridgehead atoms. The Morgan fingerprint density at radius 2 is 1.89 bits per heavy atom. The van der Waals surface area contributed by atoms with Gasteiger partial charge < -0.3 is 31.0 Å². The van der Waals surface area contributed by atoms with Crippen molar-refractivity contribution in [2.24, 2.45) is 0 Å². The number of halogens is 1. The number of fused-ring (bicyclic) bond motifs is 1. The first-order valence-electron chi connectivity index (χ1n) is 12.5. The molecule has 1 fully saturated rings. The van der Waals surface area contributed by atoms with E-state index < -0.39 is 23.2 Å².